The van der Waals surface area contributed by atoms with E-state index in [1.54, 1.807) is 0 Å². The van der Waals surface area contributed by atoms with Gasteiger partial charge in [0.05, 0.1) is 10.7 Å². The topological polar surface area (TPSA) is 28.2 Å². The van der Waals surface area contributed by atoms with Gasteiger partial charge in [-0.25, -0.2) is 4.98 Å². The largest absolute Gasteiger partial charge is 0.370 e. The molecule has 2 rings (SSSR count). The highest BCUT2D eigenvalue weighted by molar-refractivity contribution is 6.31. The molecule has 0 atom stereocenters. The van der Waals surface area contributed by atoms with Gasteiger partial charge in [0.1, 0.15) is 5.82 Å². The fourth-order valence-electron chi connectivity index (χ4n) is 3.08. The number of nitrogens with zero attached hydrogens (tertiary/aromatic N) is 2. The van der Waals surface area contributed by atoms with Gasteiger partial charge in [-0.15, -0.1) is 0 Å². The lowest BCUT2D eigenvalue weighted by Gasteiger charge is -2.33. The Morgan fingerprint density at radius 2 is 2.00 bits per heavy atom. The van der Waals surface area contributed by atoms with E-state index < -0.39 is 0 Å². The van der Waals surface area contributed by atoms with Crippen molar-refractivity contribution in [1.29, 1.82) is 0 Å². The highest BCUT2D eigenvalue weighted by Gasteiger charge is 2.21. The van der Waals surface area contributed by atoms with Gasteiger partial charge >= 0.3 is 0 Å². The Morgan fingerprint density at radius 3 is 2.67 bits per heavy atom. The Hall–Kier alpha value is -0.800. The summed E-state index contributed by atoms with van der Waals surface area (Å²) in [6.45, 7) is 7.28. The lowest BCUT2D eigenvalue weighted by Crippen LogP contribution is -2.36. The third-order valence-electron chi connectivity index (χ3n) is 4.32. The van der Waals surface area contributed by atoms with E-state index in [2.05, 4.69) is 24.1 Å². The molecule has 1 aromatic heterocycles. The fourth-order valence-corrected chi connectivity index (χ4v) is 3.25. The summed E-state index contributed by atoms with van der Waals surface area (Å²) in [5.41, 5.74) is 1.00. The molecule has 3 nitrogen and oxygen atoms in total. The number of nitrogens with one attached hydrogen (secondary N) is 1. The summed E-state index contributed by atoms with van der Waals surface area (Å²) in [5.74, 6) is 0.941. The quantitative estimate of drug-likeness (QED) is 0.790. The van der Waals surface area contributed by atoms with E-state index in [-0.39, 0.29) is 0 Å². The standard InChI is InChI=1S/C17H28ClN3/c1-3-12-19-17-11-10-15(18)16(20-17)13-21(4-2)14-8-6-5-7-9-14/h10-11,14H,3-9,12-13H2,1-2H3,(H,19,20). The second-order valence-electron chi connectivity index (χ2n) is 5.91. The molecule has 21 heavy (non-hydrogen) atoms. The highest BCUT2D eigenvalue weighted by atomic mass is 35.5. The first-order valence-electron chi connectivity index (χ1n) is 8.38. The molecule has 0 unspecified atom stereocenters. The van der Waals surface area contributed by atoms with Gasteiger partial charge in [0.25, 0.3) is 0 Å². The molecule has 0 saturated heterocycles. The van der Waals surface area contributed by atoms with Crippen LogP contribution in [0.1, 0.15) is 58.1 Å². The van der Waals surface area contributed by atoms with Crippen molar-refractivity contribution in [1.82, 2.24) is 9.88 Å². The van der Waals surface area contributed by atoms with Gasteiger partial charge in [0.2, 0.25) is 0 Å². The molecule has 1 aromatic rings. The Kier molecular flexibility index (Phi) is 6.78. The lowest BCUT2D eigenvalue weighted by molar-refractivity contribution is 0.154. The number of hydrogen-bond acceptors (Lipinski definition) is 3. The zero-order valence-corrected chi connectivity index (χ0v) is 14.1. The van der Waals surface area contributed by atoms with Gasteiger partial charge in [0, 0.05) is 19.1 Å². The Labute approximate surface area is 134 Å². The molecular weight excluding hydrogens is 282 g/mol. The predicted molar refractivity (Wildman–Crippen MR) is 91.0 cm³/mol. The first kappa shape index (κ1) is 16.6. The third kappa shape index (κ3) is 4.86. The van der Waals surface area contributed by atoms with Gasteiger partial charge in [-0.1, -0.05) is 44.7 Å². The second kappa shape index (κ2) is 8.60. The molecule has 4 heteroatoms. The molecule has 0 amide bonds. The maximum atomic E-state index is 6.35. The number of anilines is 1. The maximum absolute atomic E-state index is 6.35. The fraction of sp³-hybridized carbons (Fsp3) is 0.706. The van der Waals surface area contributed by atoms with Crippen molar-refractivity contribution in [3.8, 4) is 0 Å². The van der Waals surface area contributed by atoms with Gasteiger partial charge < -0.3 is 5.32 Å². The van der Waals surface area contributed by atoms with Crippen molar-refractivity contribution < 1.29 is 0 Å². The molecule has 0 aromatic carbocycles. The van der Waals surface area contributed by atoms with Crippen molar-refractivity contribution in [2.24, 2.45) is 0 Å². The minimum Gasteiger partial charge on any atom is -0.370 e. The molecule has 1 aliphatic rings. The zero-order valence-electron chi connectivity index (χ0n) is 13.4. The van der Waals surface area contributed by atoms with Crippen LogP contribution < -0.4 is 5.32 Å². The van der Waals surface area contributed by atoms with E-state index in [0.29, 0.717) is 6.04 Å². The normalized spacial score (nSPS) is 16.4. The number of aromatic nitrogens is 1. The summed E-state index contributed by atoms with van der Waals surface area (Å²) < 4.78 is 0. The molecule has 118 valence electrons. The minimum absolute atomic E-state index is 0.703. The van der Waals surface area contributed by atoms with E-state index >= 15 is 0 Å². The molecule has 0 bridgehead atoms. The molecular formula is C17H28ClN3. The molecule has 1 fully saturated rings. The Morgan fingerprint density at radius 1 is 1.24 bits per heavy atom. The summed E-state index contributed by atoms with van der Waals surface area (Å²) in [6, 6.07) is 4.64. The summed E-state index contributed by atoms with van der Waals surface area (Å²) in [4.78, 5) is 7.25. The summed E-state index contributed by atoms with van der Waals surface area (Å²) in [6.07, 6.45) is 7.85. The first-order chi connectivity index (χ1) is 10.2. The Bertz CT molecular complexity index is 430. The predicted octanol–water partition coefficient (Wildman–Crippen LogP) is 4.71. The molecule has 1 aliphatic carbocycles. The number of hydrogen-bond donors (Lipinski definition) is 1. The first-order valence-corrected chi connectivity index (χ1v) is 8.75. The lowest BCUT2D eigenvalue weighted by atomic mass is 9.94. The van der Waals surface area contributed by atoms with E-state index in [1.807, 2.05) is 12.1 Å². The molecule has 0 radical (unpaired) electrons. The number of pyridine rings is 1. The van der Waals surface area contributed by atoms with Gasteiger partial charge in [-0.2, -0.15) is 0 Å². The molecule has 1 saturated carbocycles. The minimum atomic E-state index is 0.703. The van der Waals surface area contributed by atoms with Crippen LogP contribution in [0.3, 0.4) is 0 Å². The van der Waals surface area contributed by atoms with Crippen molar-refractivity contribution in [3.05, 3.63) is 22.8 Å². The van der Waals surface area contributed by atoms with Gasteiger partial charge in [-0.3, -0.25) is 4.90 Å². The highest BCUT2D eigenvalue weighted by Crippen LogP contribution is 2.25. The smallest absolute Gasteiger partial charge is 0.126 e. The van der Waals surface area contributed by atoms with E-state index in [1.165, 1.54) is 32.1 Å². The van der Waals surface area contributed by atoms with Crippen LogP contribution >= 0.6 is 11.6 Å². The summed E-state index contributed by atoms with van der Waals surface area (Å²) >= 11 is 6.35. The van der Waals surface area contributed by atoms with Gasteiger partial charge in [0.15, 0.2) is 0 Å². The van der Waals surface area contributed by atoms with Crippen LogP contribution in [0.2, 0.25) is 5.02 Å². The Balaban J connectivity index is 2.04. The molecule has 0 spiro atoms. The SMILES string of the molecule is CCCNc1ccc(Cl)c(CN(CC)C2CCCCC2)n1. The average Bonchev–Trinajstić information content (AvgIpc) is 2.53. The van der Waals surface area contributed by atoms with Crippen molar-refractivity contribution in [2.45, 2.75) is 65.0 Å². The van der Waals surface area contributed by atoms with Crippen molar-refractivity contribution in [2.75, 3.05) is 18.4 Å². The van der Waals surface area contributed by atoms with Crippen LogP contribution in [0.15, 0.2) is 12.1 Å². The van der Waals surface area contributed by atoms with Crippen molar-refractivity contribution >= 4 is 17.4 Å². The number of halogens is 1. The van der Waals surface area contributed by atoms with Gasteiger partial charge in [-0.05, 0) is 37.9 Å². The maximum Gasteiger partial charge on any atom is 0.126 e. The molecule has 1 N–H and O–H groups in total. The van der Waals surface area contributed by atoms with Crippen LogP contribution in [0.25, 0.3) is 0 Å². The number of rotatable bonds is 7. The third-order valence-corrected chi connectivity index (χ3v) is 4.67. The van der Waals surface area contributed by atoms with Crippen molar-refractivity contribution in [3.63, 3.8) is 0 Å². The molecule has 0 aliphatic heterocycles. The zero-order chi connectivity index (χ0) is 15.1. The summed E-state index contributed by atoms with van der Waals surface area (Å²) in [5, 5.41) is 4.13. The van der Waals surface area contributed by atoms with Crippen LogP contribution in [-0.4, -0.2) is 29.0 Å². The van der Waals surface area contributed by atoms with Crippen LogP contribution in [0, 0.1) is 0 Å². The monoisotopic (exact) mass is 309 g/mol. The van der Waals surface area contributed by atoms with E-state index in [4.69, 9.17) is 16.6 Å². The molecule has 1 heterocycles. The van der Waals surface area contributed by atoms with E-state index in [0.717, 1.165) is 42.6 Å². The second-order valence-corrected chi connectivity index (χ2v) is 6.31. The van der Waals surface area contributed by atoms with E-state index in [9.17, 15) is 0 Å². The van der Waals surface area contributed by atoms with Crippen LogP contribution in [0.5, 0.6) is 0 Å². The van der Waals surface area contributed by atoms with Crippen LogP contribution in [-0.2, 0) is 6.54 Å². The average molecular weight is 310 g/mol. The van der Waals surface area contributed by atoms with Crippen LogP contribution in [0.4, 0.5) is 5.82 Å². The summed E-state index contributed by atoms with van der Waals surface area (Å²) in [7, 11) is 0.